The number of nitrogens with one attached hydrogen (secondary N) is 1. The quantitative estimate of drug-likeness (QED) is 0.706. The van der Waals surface area contributed by atoms with Crippen molar-refractivity contribution in [3.8, 4) is 0 Å². The Kier molecular flexibility index (Phi) is 4.37. The number of aryl methyl sites for hydroxylation is 2. The number of thiophene rings is 1. The van der Waals surface area contributed by atoms with E-state index in [1.54, 1.807) is 34.4 Å². The Morgan fingerprint density at radius 2 is 2.05 bits per heavy atom. The summed E-state index contributed by atoms with van der Waals surface area (Å²) in [5, 5.41) is 14.5. The van der Waals surface area contributed by atoms with Crippen molar-refractivity contribution < 1.29 is 0 Å². The highest BCUT2D eigenvalue weighted by Gasteiger charge is 2.13. The van der Waals surface area contributed by atoms with Crippen molar-refractivity contribution in [1.82, 2.24) is 20.2 Å². The van der Waals surface area contributed by atoms with E-state index in [4.69, 9.17) is 0 Å². The van der Waals surface area contributed by atoms with Gasteiger partial charge in [0, 0.05) is 16.8 Å². The zero-order valence-corrected chi connectivity index (χ0v) is 14.5. The predicted octanol–water partition coefficient (Wildman–Crippen LogP) is 4.13. The molecule has 0 aromatic carbocycles. The maximum Gasteiger partial charge on any atom is 0.225 e. The van der Waals surface area contributed by atoms with E-state index in [1.807, 2.05) is 6.92 Å². The molecule has 110 valence electrons. The Morgan fingerprint density at radius 1 is 1.19 bits per heavy atom. The molecule has 3 rings (SSSR count). The molecule has 1 N–H and O–H groups in total. The van der Waals surface area contributed by atoms with Crippen LogP contribution in [-0.2, 0) is 0 Å². The minimum Gasteiger partial charge on any atom is -0.354 e. The third-order valence-electron chi connectivity index (χ3n) is 2.71. The first kappa shape index (κ1) is 14.7. The van der Waals surface area contributed by atoms with Gasteiger partial charge in [-0.05, 0) is 38.1 Å². The van der Waals surface area contributed by atoms with Crippen LogP contribution in [0.15, 0.2) is 15.4 Å². The average molecular weight is 337 g/mol. The fourth-order valence-corrected chi connectivity index (χ4v) is 4.58. The van der Waals surface area contributed by atoms with Crippen molar-refractivity contribution in [3.63, 3.8) is 0 Å². The van der Waals surface area contributed by atoms with Gasteiger partial charge in [-0.2, -0.15) is 0 Å². The van der Waals surface area contributed by atoms with Crippen LogP contribution in [0.1, 0.15) is 23.2 Å². The van der Waals surface area contributed by atoms with E-state index in [0.29, 0.717) is 5.95 Å². The lowest BCUT2D eigenvalue weighted by atomic mass is 10.4. The standard InChI is InChI=1S/C13H15N5S3/c1-4-5-14-12-15-10-9(6-7(2)19-10)11(16-12)21-13-18-17-8(3)20-13/h6H,4-5H2,1-3H3,(H,14,15,16). The van der Waals surface area contributed by atoms with Crippen molar-refractivity contribution in [2.45, 2.75) is 36.6 Å². The summed E-state index contributed by atoms with van der Waals surface area (Å²) in [5.41, 5.74) is 0. The van der Waals surface area contributed by atoms with Gasteiger partial charge < -0.3 is 5.32 Å². The monoisotopic (exact) mass is 337 g/mol. The van der Waals surface area contributed by atoms with E-state index in [1.165, 1.54) is 4.88 Å². The molecule has 0 spiro atoms. The maximum atomic E-state index is 4.64. The predicted molar refractivity (Wildman–Crippen MR) is 89.7 cm³/mol. The number of aromatic nitrogens is 4. The first-order chi connectivity index (χ1) is 10.2. The Hall–Kier alpha value is -1.25. The van der Waals surface area contributed by atoms with Gasteiger partial charge in [-0.1, -0.05) is 18.3 Å². The first-order valence-electron chi connectivity index (χ1n) is 6.65. The fraction of sp³-hybridized carbons (Fsp3) is 0.385. The van der Waals surface area contributed by atoms with Crippen LogP contribution < -0.4 is 5.32 Å². The topological polar surface area (TPSA) is 63.6 Å². The van der Waals surface area contributed by atoms with Gasteiger partial charge in [0.25, 0.3) is 0 Å². The third-order valence-corrected chi connectivity index (χ3v) is 5.54. The molecule has 21 heavy (non-hydrogen) atoms. The number of fused-ring (bicyclic) bond motifs is 1. The maximum absolute atomic E-state index is 4.64. The number of rotatable bonds is 5. The molecule has 0 fully saturated rings. The molecule has 0 aliphatic heterocycles. The summed E-state index contributed by atoms with van der Waals surface area (Å²) in [7, 11) is 0. The zero-order valence-electron chi connectivity index (χ0n) is 12.0. The van der Waals surface area contributed by atoms with Gasteiger partial charge in [0.05, 0.1) is 0 Å². The number of nitrogens with zero attached hydrogens (tertiary/aromatic N) is 4. The minimum atomic E-state index is 0.690. The fourth-order valence-electron chi connectivity index (χ4n) is 1.81. The van der Waals surface area contributed by atoms with Gasteiger partial charge in [-0.3, -0.25) is 0 Å². The highest BCUT2D eigenvalue weighted by molar-refractivity contribution is 8.01. The van der Waals surface area contributed by atoms with E-state index in [2.05, 4.69) is 45.4 Å². The third kappa shape index (κ3) is 3.33. The van der Waals surface area contributed by atoms with E-state index in [0.717, 1.165) is 37.6 Å². The van der Waals surface area contributed by atoms with E-state index < -0.39 is 0 Å². The van der Waals surface area contributed by atoms with Gasteiger partial charge in [-0.15, -0.1) is 21.5 Å². The molecule has 0 amide bonds. The normalized spacial score (nSPS) is 11.2. The Morgan fingerprint density at radius 3 is 2.76 bits per heavy atom. The van der Waals surface area contributed by atoms with Crippen molar-refractivity contribution in [3.05, 3.63) is 16.0 Å². The van der Waals surface area contributed by atoms with Crippen LogP contribution in [-0.4, -0.2) is 26.7 Å². The van der Waals surface area contributed by atoms with Gasteiger partial charge in [0.2, 0.25) is 5.95 Å². The molecule has 3 heterocycles. The van der Waals surface area contributed by atoms with Gasteiger partial charge in [0.1, 0.15) is 14.9 Å². The van der Waals surface area contributed by atoms with Gasteiger partial charge in [0.15, 0.2) is 4.34 Å². The second-order valence-corrected chi connectivity index (χ2v) is 8.20. The molecule has 0 bridgehead atoms. The summed E-state index contributed by atoms with van der Waals surface area (Å²) < 4.78 is 0.915. The molecule has 3 aromatic heterocycles. The number of hydrogen-bond acceptors (Lipinski definition) is 8. The van der Waals surface area contributed by atoms with Crippen LogP contribution in [0.2, 0.25) is 0 Å². The molecular formula is C13H15N5S3. The smallest absolute Gasteiger partial charge is 0.225 e. The highest BCUT2D eigenvalue weighted by Crippen LogP contribution is 2.36. The lowest BCUT2D eigenvalue weighted by Gasteiger charge is -2.05. The lowest BCUT2D eigenvalue weighted by Crippen LogP contribution is -2.04. The molecule has 0 saturated carbocycles. The molecule has 0 aliphatic carbocycles. The van der Waals surface area contributed by atoms with Crippen LogP contribution >= 0.6 is 34.4 Å². The number of hydrogen-bond donors (Lipinski definition) is 1. The summed E-state index contributed by atoms with van der Waals surface area (Å²) in [6.45, 7) is 7.05. The molecule has 0 unspecified atom stereocenters. The van der Waals surface area contributed by atoms with E-state index in [-0.39, 0.29) is 0 Å². The molecule has 0 radical (unpaired) electrons. The number of anilines is 1. The SMILES string of the molecule is CCCNc1nc(Sc2nnc(C)s2)c2cc(C)sc2n1. The molecule has 3 aromatic rings. The van der Waals surface area contributed by atoms with E-state index in [9.17, 15) is 0 Å². The highest BCUT2D eigenvalue weighted by atomic mass is 32.2. The minimum absolute atomic E-state index is 0.690. The van der Waals surface area contributed by atoms with Gasteiger partial charge >= 0.3 is 0 Å². The van der Waals surface area contributed by atoms with Crippen LogP contribution in [0.4, 0.5) is 5.95 Å². The van der Waals surface area contributed by atoms with E-state index >= 15 is 0 Å². The van der Waals surface area contributed by atoms with Crippen LogP contribution in [0, 0.1) is 13.8 Å². The first-order valence-corrected chi connectivity index (χ1v) is 9.10. The summed E-state index contributed by atoms with van der Waals surface area (Å²) in [6, 6.07) is 2.14. The second-order valence-electron chi connectivity index (χ2n) is 4.54. The summed E-state index contributed by atoms with van der Waals surface area (Å²) in [6.07, 6.45) is 1.04. The zero-order chi connectivity index (χ0) is 14.8. The molecule has 5 nitrogen and oxygen atoms in total. The van der Waals surface area contributed by atoms with Crippen molar-refractivity contribution in [2.24, 2.45) is 0 Å². The Balaban J connectivity index is 2.01. The Labute approximate surface area is 135 Å². The van der Waals surface area contributed by atoms with Crippen molar-refractivity contribution in [1.29, 1.82) is 0 Å². The second kappa shape index (κ2) is 6.25. The van der Waals surface area contributed by atoms with Crippen LogP contribution in [0.25, 0.3) is 10.2 Å². The molecule has 0 saturated heterocycles. The average Bonchev–Trinajstić information content (AvgIpc) is 3.01. The van der Waals surface area contributed by atoms with Crippen LogP contribution in [0.5, 0.6) is 0 Å². The van der Waals surface area contributed by atoms with Crippen LogP contribution in [0.3, 0.4) is 0 Å². The lowest BCUT2D eigenvalue weighted by molar-refractivity contribution is 0.945. The Bertz CT molecular complexity index is 764. The molecule has 0 aliphatic rings. The summed E-state index contributed by atoms with van der Waals surface area (Å²) in [5.74, 6) is 0.690. The summed E-state index contributed by atoms with van der Waals surface area (Å²) >= 11 is 4.84. The molecule has 8 heteroatoms. The van der Waals surface area contributed by atoms with Gasteiger partial charge in [-0.25, -0.2) is 9.97 Å². The molecule has 0 atom stereocenters. The largest absolute Gasteiger partial charge is 0.354 e. The summed E-state index contributed by atoms with van der Waals surface area (Å²) in [4.78, 5) is 11.5. The molecular weight excluding hydrogens is 322 g/mol. The van der Waals surface area contributed by atoms with Crippen molar-refractivity contribution in [2.75, 3.05) is 11.9 Å². The van der Waals surface area contributed by atoms with Crippen molar-refractivity contribution >= 4 is 50.6 Å².